The van der Waals surface area contributed by atoms with Crippen molar-refractivity contribution in [2.24, 2.45) is 0 Å². The number of nitrogens with zero attached hydrogens (tertiary/aromatic N) is 1. The van der Waals surface area contributed by atoms with Crippen molar-refractivity contribution in [3.05, 3.63) is 306 Å². The molecule has 0 aliphatic heterocycles. The Labute approximate surface area is 425 Å². The smallest absolute Gasteiger partial charge is 0.0546 e. The van der Waals surface area contributed by atoms with Crippen molar-refractivity contribution >= 4 is 17.1 Å². The van der Waals surface area contributed by atoms with Crippen molar-refractivity contribution in [1.29, 1.82) is 0 Å². The number of hydrogen-bond donors (Lipinski definition) is 0. The van der Waals surface area contributed by atoms with E-state index in [4.69, 9.17) is 0 Å². The highest BCUT2D eigenvalue weighted by molar-refractivity contribution is 6.03. The molecular weight excluding hydrogens is 867 g/mol. The molecule has 344 valence electrons. The molecule has 0 bridgehead atoms. The van der Waals surface area contributed by atoms with Gasteiger partial charge >= 0.3 is 0 Å². The first-order valence-electron chi connectivity index (χ1n) is 25.3. The fourth-order valence-electron chi connectivity index (χ4n) is 11.5. The zero-order valence-corrected chi connectivity index (χ0v) is 40.8. The van der Waals surface area contributed by atoms with Crippen LogP contribution in [0.3, 0.4) is 0 Å². The van der Waals surface area contributed by atoms with Crippen molar-refractivity contribution in [3.8, 4) is 66.8 Å². The predicted octanol–water partition coefficient (Wildman–Crippen LogP) is 19.0. The molecular formula is C71H55N. The van der Waals surface area contributed by atoms with E-state index in [9.17, 15) is 0 Å². The Kier molecular flexibility index (Phi) is 11.8. The standard InChI is InChI=1S/C71H55N/c1-71(2)66-42-21-19-36-60(66)63-40-23-41-64(70(63)71)61-37-20-22-43-67(61)72(68-44-24-39-59(53-31-13-6-14-32-53)69(68)62-38-18-17-34-57(62)52-29-11-5-12-30-52)56-46-45-55(48-51-27-9-4-10-28-51)65(49-56)58-35-16-15-33-54(58)47-50-25-7-3-8-26-50/h3-46,49H,47-48H2,1-2H3. The molecule has 0 fully saturated rings. The first-order chi connectivity index (χ1) is 35.5. The lowest BCUT2D eigenvalue weighted by atomic mass is 9.78. The van der Waals surface area contributed by atoms with E-state index in [0.29, 0.717) is 0 Å². The Morgan fingerprint density at radius 2 is 0.750 bits per heavy atom. The molecule has 12 rings (SSSR count). The molecule has 1 aliphatic carbocycles. The summed E-state index contributed by atoms with van der Waals surface area (Å²) < 4.78 is 0. The number of hydrogen-bond acceptors (Lipinski definition) is 1. The summed E-state index contributed by atoms with van der Waals surface area (Å²) >= 11 is 0. The topological polar surface area (TPSA) is 3.24 Å². The van der Waals surface area contributed by atoms with Gasteiger partial charge in [0, 0.05) is 22.2 Å². The Bertz CT molecular complexity index is 3700. The second kappa shape index (κ2) is 19.2. The van der Waals surface area contributed by atoms with Gasteiger partial charge in [-0.25, -0.2) is 0 Å². The summed E-state index contributed by atoms with van der Waals surface area (Å²) in [5.74, 6) is 0. The van der Waals surface area contributed by atoms with E-state index in [1.165, 1.54) is 100 Å². The van der Waals surface area contributed by atoms with Gasteiger partial charge in [0.1, 0.15) is 0 Å². The maximum Gasteiger partial charge on any atom is 0.0546 e. The van der Waals surface area contributed by atoms with Gasteiger partial charge in [-0.3, -0.25) is 0 Å². The molecule has 0 aromatic heterocycles. The lowest BCUT2D eigenvalue weighted by Gasteiger charge is -2.33. The number of para-hydroxylation sites is 1. The van der Waals surface area contributed by atoms with Gasteiger partial charge in [-0.15, -0.1) is 0 Å². The van der Waals surface area contributed by atoms with E-state index >= 15 is 0 Å². The highest BCUT2D eigenvalue weighted by Gasteiger charge is 2.38. The summed E-state index contributed by atoms with van der Waals surface area (Å²) in [5, 5.41) is 0. The Morgan fingerprint density at radius 3 is 1.42 bits per heavy atom. The van der Waals surface area contributed by atoms with Crippen LogP contribution in [0.2, 0.25) is 0 Å². The highest BCUT2D eigenvalue weighted by Crippen LogP contribution is 2.55. The van der Waals surface area contributed by atoms with Gasteiger partial charge in [0.2, 0.25) is 0 Å². The predicted molar refractivity (Wildman–Crippen MR) is 304 cm³/mol. The van der Waals surface area contributed by atoms with Gasteiger partial charge < -0.3 is 4.90 Å². The van der Waals surface area contributed by atoms with E-state index in [1.807, 2.05) is 0 Å². The monoisotopic (exact) mass is 921 g/mol. The van der Waals surface area contributed by atoms with E-state index < -0.39 is 0 Å². The minimum atomic E-state index is -0.220. The van der Waals surface area contributed by atoms with E-state index in [2.05, 4.69) is 292 Å². The van der Waals surface area contributed by atoms with E-state index in [0.717, 1.165) is 29.9 Å². The molecule has 1 nitrogen and oxygen atoms in total. The molecule has 0 spiro atoms. The van der Waals surface area contributed by atoms with Crippen LogP contribution in [0.1, 0.15) is 47.2 Å². The quantitative estimate of drug-likeness (QED) is 0.118. The largest absolute Gasteiger partial charge is 0.309 e. The van der Waals surface area contributed by atoms with Crippen LogP contribution >= 0.6 is 0 Å². The third kappa shape index (κ3) is 8.23. The molecule has 0 saturated carbocycles. The maximum absolute atomic E-state index is 2.57. The minimum Gasteiger partial charge on any atom is -0.309 e. The molecule has 0 saturated heterocycles. The molecule has 0 N–H and O–H groups in total. The van der Waals surface area contributed by atoms with Gasteiger partial charge in [-0.2, -0.15) is 0 Å². The van der Waals surface area contributed by atoms with Gasteiger partial charge in [0.05, 0.1) is 11.4 Å². The second-order valence-corrected chi connectivity index (χ2v) is 19.6. The van der Waals surface area contributed by atoms with Crippen LogP contribution in [-0.4, -0.2) is 0 Å². The van der Waals surface area contributed by atoms with Crippen LogP contribution in [-0.2, 0) is 18.3 Å². The first kappa shape index (κ1) is 44.4. The van der Waals surface area contributed by atoms with Crippen LogP contribution in [0.15, 0.2) is 273 Å². The van der Waals surface area contributed by atoms with Crippen LogP contribution in [0.25, 0.3) is 66.8 Å². The van der Waals surface area contributed by atoms with Crippen molar-refractivity contribution in [2.75, 3.05) is 4.90 Å². The third-order valence-corrected chi connectivity index (χ3v) is 14.8. The van der Waals surface area contributed by atoms with Crippen molar-refractivity contribution in [3.63, 3.8) is 0 Å². The number of rotatable bonds is 12. The second-order valence-electron chi connectivity index (χ2n) is 19.6. The van der Waals surface area contributed by atoms with Gasteiger partial charge in [0.25, 0.3) is 0 Å². The number of fused-ring (bicyclic) bond motifs is 3. The maximum atomic E-state index is 2.57. The molecule has 1 heteroatoms. The molecule has 0 amide bonds. The lowest BCUT2D eigenvalue weighted by Crippen LogP contribution is -2.17. The summed E-state index contributed by atoms with van der Waals surface area (Å²) in [6.07, 6.45) is 1.63. The van der Waals surface area contributed by atoms with Crippen LogP contribution < -0.4 is 4.90 Å². The molecule has 0 heterocycles. The van der Waals surface area contributed by atoms with Crippen LogP contribution in [0.5, 0.6) is 0 Å². The molecule has 0 atom stereocenters. The number of anilines is 3. The average Bonchev–Trinajstić information content (AvgIpc) is 3.68. The van der Waals surface area contributed by atoms with Gasteiger partial charge in [-0.1, -0.05) is 263 Å². The average molecular weight is 922 g/mol. The normalized spacial score (nSPS) is 12.2. The zero-order valence-electron chi connectivity index (χ0n) is 40.8. The Hall–Kier alpha value is -8.78. The van der Waals surface area contributed by atoms with Gasteiger partial charge in [0.15, 0.2) is 0 Å². The van der Waals surface area contributed by atoms with Crippen molar-refractivity contribution in [1.82, 2.24) is 0 Å². The van der Waals surface area contributed by atoms with Gasteiger partial charge in [-0.05, 0) is 126 Å². The molecule has 72 heavy (non-hydrogen) atoms. The zero-order chi connectivity index (χ0) is 48.4. The molecule has 11 aromatic carbocycles. The van der Waals surface area contributed by atoms with Crippen molar-refractivity contribution < 1.29 is 0 Å². The first-order valence-corrected chi connectivity index (χ1v) is 25.3. The molecule has 1 aliphatic rings. The van der Waals surface area contributed by atoms with E-state index in [1.54, 1.807) is 0 Å². The third-order valence-electron chi connectivity index (χ3n) is 14.8. The highest BCUT2D eigenvalue weighted by atomic mass is 15.1. The SMILES string of the molecule is CC1(C)c2ccccc2-c2cccc(-c3ccccc3N(c3ccc(Cc4ccccc4)c(-c4ccccc4Cc4ccccc4)c3)c3cccc(-c4ccccc4)c3-c3ccccc3-c3ccccc3)c21. The summed E-state index contributed by atoms with van der Waals surface area (Å²) in [4.78, 5) is 2.57. The van der Waals surface area contributed by atoms with Crippen LogP contribution in [0, 0.1) is 0 Å². The summed E-state index contributed by atoms with van der Waals surface area (Å²) in [7, 11) is 0. The Balaban J connectivity index is 1.17. The minimum absolute atomic E-state index is 0.220. The fraction of sp³-hybridized carbons (Fsp3) is 0.0704. The lowest BCUT2D eigenvalue weighted by molar-refractivity contribution is 0.662. The van der Waals surface area contributed by atoms with Crippen molar-refractivity contribution in [2.45, 2.75) is 32.1 Å². The molecule has 0 unspecified atom stereocenters. The fourth-order valence-corrected chi connectivity index (χ4v) is 11.5. The molecule has 0 radical (unpaired) electrons. The molecule has 11 aromatic rings. The Morgan fingerprint density at radius 1 is 0.306 bits per heavy atom. The summed E-state index contributed by atoms with van der Waals surface area (Å²) in [6.45, 7) is 4.79. The summed E-state index contributed by atoms with van der Waals surface area (Å²) in [5.41, 5.74) is 25.5. The van der Waals surface area contributed by atoms with E-state index in [-0.39, 0.29) is 5.41 Å². The number of benzene rings is 11. The summed E-state index contributed by atoms with van der Waals surface area (Å²) in [6, 6.07) is 101. The van der Waals surface area contributed by atoms with Crippen LogP contribution in [0.4, 0.5) is 17.1 Å².